The molecule has 0 aliphatic carbocycles. The molecule has 1 heterocycles. The van der Waals surface area contributed by atoms with Gasteiger partial charge in [0.2, 0.25) is 0 Å². The zero-order valence-corrected chi connectivity index (χ0v) is 11.7. The Hall–Kier alpha value is -2.42. The number of anilines is 1. The minimum atomic E-state index is -1.40. The first-order valence-corrected chi connectivity index (χ1v) is 6.24. The molecule has 0 saturated carbocycles. The van der Waals surface area contributed by atoms with Crippen molar-refractivity contribution in [1.29, 1.82) is 0 Å². The molecule has 0 unspecified atom stereocenters. The summed E-state index contributed by atoms with van der Waals surface area (Å²) in [6.45, 7) is 0. The molecule has 1 amide bonds. The summed E-state index contributed by atoms with van der Waals surface area (Å²) in [5.41, 5.74) is -1.42. The molecule has 1 aromatic heterocycles. The lowest BCUT2D eigenvalue weighted by Crippen LogP contribution is -2.15. The van der Waals surface area contributed by atoms with Gasteiger partial charge in [-0.3, -0.25) is 14.9 Å². The quantitative estimate of drug-likeness (QED) is 0.674. The predicted octanol–water partition coefficient (Wildman–Crippen LogP) is 3.28. The van der Waals surface area contributed by atoms with Crippen LogP contribution in [0.2, 0.25) is 0 Å². The van der Waals surface area contributed by atoms with Crippen molar-refractivity contribution in [3.63, 3.8) is 0 Å². The average Bonchev–Trinajstić information content (AvgIpc) is 2.43. The molecule has 0 atom stereocenters. The highest BCUT2D eigenvalue weighted by Crippen LogP contribution is 2.23. The molecule has 0 radical (unpaired) electrons. The first kappa shape index (κ1) is 15.0. The number of pyridine rings is 1. The Morgan fingerprint density at radius 1 is 1.29 bits per heavy atom. The number of nitrogens with one attached hydrogen (secondary N) is 1. The smallest absolute Gasteiger partial charge is 0.285 e. The van der Waals surface area contributed by atoms with Crippen LogP contribution in [-0.2, 0) is 0 Å². The van der Waals surface area contributed by atoms with Crippen LogP contribution in [0.1, 0.15) is 10.4 Å². The summed E-state index contributed by atoms with van der Waals surface area (Å²) >= 11 is 3.15. The maximum atomic E-state index is 13.2. The highest BCUT2D eigenvalue weighted by atomic mass is 79.9. The SMILES string of the molecule is O=C(Nc1ccc(Br)cn1)c1cc(F)c(F)cc1[N+](=O)[O-]. The van der Waals surface area contributed by atoms with Crippen LogP contribution in [0.4, 0.5) is 20.3 Å². The fraction of sp³-hybridized carbons (Fsp3) is 0. The van der Waals surface area contributed by atoms with E-state index >= 15 is 0 Å². The van der Waals surface area contributed by atoms with Gasteiger partial charge in [-0.25, -0.2) is 13.8 Å². The number of hydrogen-bond donors (Lipinski definition) is 1. The lowest BCUT2D eigenvalue weighted by atomic mass is 10.1. The Balaban J connectivity index is 2.36. The molecular formula is C12H6BrF2N3O3. The lowest BCUT2D eigenvalue weighted by Gasteiger charge is -2.06. The van der Waals surface area contributed by atoms with E-state index in [2.05, 4.69) is 26.2 Å². The van der Waals surface area contributed by atoms with Crippen LogP contribution in [-0.4, -0.2) is 15.8 Å². The van der Waals surface area contributed by atoms with Crippen LogP contribution in [0.3, 0.4) is 0 Å². The van der Waals surface area contributed by atoms with Gasteiger partial charge >= 0.3 is 0 Å². The number of nitrogens with zero attached hydrogens (tertiary/aromatic N) is 2. The molecule has 0 bridgehead atoms. The summed E-state index contributed by atoms with van der Waals surface area (Å²) in [6.07, 6.45) is 1.40. The number of rotatable bonds is 3. The second-order valence-electron chi connectivity index (χ2n) is 3.86. The lowest BCUT2D eigenvalue weighted by molar-refractivity contribution is -0.385. The Morgan fingerprint density at radius 3 is 2.52 bits per heavy atom. The van der Waals surface area contributed by atoms with Gasteiger partial charge in [-0.2, -0.15) is 0 Å². The molecule has 0 saturated heterocycles. The van der Waals surface area contributed by atoms with E-state index in [0.717, 1.165) is 0 Å². The van der Waals surface area contributed by atoms with Gasteiger partial charge in [-0.05, 0) is 34.1 Å². The third-order valence-electron chi connectivity index (χ3n) is 2.45. The predicted molar refractivity (Wildman–Crippen MR) is 72.9 cm³/mol. The van der Waals surface area contributed by atoms with E-state index in [1.54, 1.807) is 6.07 Å². The monoisotopic (exact) mass is 357 g/mol. The fourth-order valence-electron chi connectivity index (χ4n) is 1.50. The topological polar surface area (TPSA) is 85.1 Å². The third kappa shape index (κ3) is 3.37. The molecule has 6 nitrogen and oxygen atoms in total. The second-order valence-corrected chi connectivity index (χ2v) is 4.77. The number of benzene rings is 1. The molecular weight excluding hydrogens is 352 g/mol. The number of nitro benzene ring substituents is 1. The Kier molecular flexibility index (Phi) is 4.22. The second kappa shape index (κ2) is 5.92. The van der Waals surface area contributed by atoms with Crippen molar-refractivity contribution in [2.45, 2.75) is 0 Å². The summed E-state index contributed by atoms with van der Waals surface area (Å²) in [6, 6.07) is 3.86. The van der Waals surface area contributed by atoms with Crippen molar-refractivity contribution >= 4 is 33.3 Å². The van der Waals surface area contributed by atoms with Crippen LogP contribution in [0.5, 0.6) is 0 Å². The van der Waals surface area contributed by atoms with Crippen molar-refractivity contribution < 1.29 is 18.5 Å². The van der Waals surface area contributed by atoms with E-state index in [1.807, 2.05) is 0 Å². The van der Waals surface area contributed by atoms with Crippen molar-refractivity contribution in [2.75, 3.05) is 5.32 Å². The maximum Gasteiger partial charge on any atom is 0.285 e. The van der Waals surface area contributed by atoms with Crippen LogP contribution in [0.25, 0.3) is 0 Å². The Morgan fingerprint density at radius 2 is 1.95 bits per heavy atom. The van der Waals surface area contributed by atoms with E-state index in [0.29, 0.717) is 16.6 Å². The van der Waals surface area contributed by atoms with Gasteiger partial charge in [0.25, 0.3) is 11.6 Å². The van der Waals surface area contributed by atoms with Gasteiger partial charge < -0.3 is 5.32 Å². The van der Waals surface area contributed by atoms with Crippen LogP contribution < -0.4 is 5.32 Å². The van der Waals surface area contributed by atoms with Gasteiger partial charge in [-0.1, -0.05) is 0 Å². The molecule has 1 N–H and O–H groups in total. The van der Waals surface area contributed by atoms with Gasteiger partial charge in [0.1, 0.15) is 11.4 Å². The highest BCUT2D eigenvalue weighted by Gasteiger charge is 2.24. The van der Waals surface area contributed by atoms with Crippen molar-refractivity contribution in [1.82, 2.24) is 4.98 Å². The Bertz CT molecular complexity index is 722. The molecule has 2 rings (SSSR count). The van der Waals surface area contributed by atoms with E-state index in [9.17, 15) is 23.7 Å². The van der Waals surface area contributed by atoms with Crippen LogP contribution in [0, 0.1) is 21.7 Å². The molecule has 108 valence electrons. The van der Waals surface area contributed by atoms with E-state index in [4.69, 9.17) is 0 Å². The van der Waals surface area contributed by atoms with Gasteiger partial charge in [-0.15, -0.1) is 0 Å². The van der Waals surface area contributed by atoms with Crippen molar-refractivity contribution in [3.8, 4) is 0 Å². The summed E-state index contributed by atoms with van der Waals surface area (Å²) in [7, 11) is 0. The summed E-state index contributed by atoms with van der Waals surface area (Å²) in [4.78, 5) is 25.6. The Labute approximate surface area is 125 Å². The van der Waals surface area contributed by atoms with Crippen LogP contribution >= 0.6 is 15.9 Å². The number of nitro groups is 1. The molecule has 2 aromatic rings. The van der Waals surface area contributed by atoms with Gasteiger partial charge in [0.05, 0.1) is 11.0 Å². The number of hydrogen-bond acceptors (Lipinski definition) is 4. The van der Waals surface area contributed by atoms with Crippen molar-refractivity contribution in [2.24, 2.45) is 0 Å². The zero-order chi connectivity index (χ0) is 15.6. The molecule has 1 aromatic carbocycles. The van der Waals surface area contributed by atoms with Crippen molar-refractivity contribution in [3.05, 3.63) is 62.2 Å². The van der Waals surface area contributed by atoms with Crippen LogP contribution in [0.15, 0.2) is 34.9 Å². The van der Waals surface area contributed by atoms with E-state index in [-0.39, 0.29) is 5.82 Å². The molecule has 0 spiro atoms. The average molecular weight is 358 g/mol. The summed E-state index contributed by atoms with van der Waals surface area (Å²) < 4.78 is 26.9. The molecule has 0 aliphatic rings. The number of halogens is 3. The zero-order valence-electron chi connectivity index (χ0n) is 10.1. The number of amides is 1. The molecule has 9 heteroatoms. The summed E-state index contributed by atoms with van der Waals surface area (Å²) in [5.74, 6) is -3.60. The van der Waals surface area contributed by atoms with E-state index < -0.39 is 33.7 Å². The largest absolute Gasteiger partial charge is 0.306 e. The number of aromatic nitrogens is 1. The highest BCUT2D eigenvalue weighted by molar-refractivity contribution is 9.10. The molecule has 0 fully saturated rings. The molecule has 0 aliphatic heterocycles. The minimum absolute atomic E-state index is 0.113. The molecule has 21 heavy (non-hydrogen) atoms. The number of carbonyl (C=O) groups excluding carboxylic acids is 1. The normalized spacial score (nSPS) is 10.2. The van der Waals surface area contributed by atoms with Gasteiger partial charge in [0, 0.05) is 10.7 Å². The first-order chi connectivity index (χ1) is 9.88. The standard InChI is InChI=1S/C12H6BrF2N3O3/c13-6-1-2-11(16-5-6)17-12(19)7-3-8(14)9(15)4-10(7)18(20)21/h1-5H,(H,16,17,19). The van der Waals surface area contributed by atoms with E-state index in [1.165, 1.54) is 12.3 Å². The minimum Gasteiger partial charge on any atom is -0.306 e. The first-order valence-electron chi connectivity index (χ1n) is 5.45. The van der Waals surface area contributed by atoms with Gasteiger partial charge in [0.15, 0.2) is 11.6 Å². The number of carbonyl (C=O) groups is 1. The maximum absolute atomic E-state index is 13.2. The third-order valence-corrected chi connectivity index (χ3v) is 2.92. The summed E-state index contributed by atoms with van der Waals surface area (Å²) in [5, 5.41) is 13.1. The fourth-order valence-corrected chi connectivity index (χ4v) is 1.74.